The highest BCUT2D eigenvalue weighted by atomic mass is 16.7. The molecule has 0 aromatic carbocycles. The standard InChI is InChI=1S/C33H52O3/c1-21-10-9-15-33(22(2)34)19-18-31(7)23(27(21)33)11-12-25-29(5)16-14-26-30(6,20-35-28(3,4)36-26)24(29)13-17-32(25,31)8/h11,21,24-27H,9-10,12-20H2,1-8H3/t21?,24?,25?,26?,27?,29?,30-,31-,32?,33?/m1/s1. The summed E-state index contributed by atoms with van der Waals surface area (Å²) in [6.45, 7) is 19.8. The topological polar surface area (TPSA) is 35.5 Å². The molecule has 36 heavy (non-hydrogen) atoms. The molecule has 6 aliphatic rings. The van der Waals surface area contributed by atoms with Gasteiger partial charge in [0.05, 0.1) is 12.7 Å². The third-order valence-electron chi connectivity index (χ3n) is 14.0. The van der Waals surface area contributed by atoms with E-state index in [4.69, 9.17) is 9.47 Å². The molecular weight excluding hydrogens is 444 g/mol. The van der Waals surface area contributed by atoms with E-state index in [0.29, 0.717) is 46.4 Å². The molecule has 0 N–H and O–H groups in total. The Morgan fingerprint density at radius 3 is 2.36 bits per heavy atom. The van der Waals surface area contributed by atoms with Crippen molar-refractivity contribution in [2.24, 2.45) is 50.7 Å². The molecule has 0 aromatic heterocycles. The number of Topliss-reactive ketones (excluding diaryl/α,β-unsaturated/α-hetero) is 1. The maximum atomic E-state index is 13.2. The van der Waals surface area contributed by atoms with Gasteiger partial charge in [-0.05, 0) is 112 Å². The quantitative estimate of drug-likeness (QED) is 0.344. The number of carbonyl (C=O) groups is 1. The van der Waals surface area contributed by atoms with E-state index in [9.17, 15) is 4.79 Å². The van der Waals surface area contributed by atoms with Crippen LogP contribution in [0, 0.1) is 50.7 Å². The van der Waals surface area contributed by atoms with Gasteiger partial charge in [0.1, 0.15) is 5.78 Å². The van der Waals surface area contributed by atoms with Crippen LogP contribution in [-0.4, -0.2) is 24.3 Å². The molecule has 3 heteroatoms. The molecule has 1 aliphatic heterocycles. The number of hydrogen-bond acceptors (Lipinski definition) is 3. The predicted octanol–water partition coefficient (Wildman–Crippen LogP) is 8.12. The van der Waals surface area contributed by atoms with Crippen LogP contribution < -0.4 is 0 Å². The molecule has 1 heterocycles. The van der Waals surface area contributed by atoms with Crippen LogP contribution in [0.2, 0.25) is 0 Å². The van der Waals surface area contributed by atoms with Gasteiger partial charge in [-0.15, -0.1) is 0 Å². The van der Waals surface area contributed by atoms with Gasteiger partial charge in [0.15, 0.2) is 5.79 Å². The van der Waals surface area contributed by atoms with Crippen LogP contribution in [0.5, 0.6) is 0 Å². The molecule has 1 saturated heterocycles. The van der Waals surface area contributed by atoms with Crippen LogP contribution in [0.4, 0.5) is 0 Å². The fraction of sp³-hybridized carbons (Fsp3) is 0.909. The van der Waals surface area contributed by atoms with Crippen LogP contribution >= 0.6 is 0 Å². The highest BCUT2D eigenvalue weighted by Gasteiger charge is 2.70. The lowest BCUT2D eigenvalue weighted by Gasteiger charge is -2.72. The Labute approximate surface area is 220 Å². The molecule has 0 spiro atoms. The zero-order chi connectivity index (χ0) is 25.9. The van der Waals surface area contributed by atoms with E-state index in [0.717, 1.165) is 25.9 Å². The van der Waals surface area contributed by atoms with Gasteiger partial charge in [-0.3, -0.25) is 4.79 Å². The highest BCUT2D eigenvalue weighted by Crippen LogP contribution is 2.76. The van der Waals surface area contributed by atoms with Crippen molar-refractivity contribution in [2.45, 2.75) is 131 Å². The number of hydrogen-bond donors (Lipinski definition) is 0. The van der Waals surface area contributed by atoms with Gasteiger partial charge in [-0.2, -0.15) is 0 Å². The molecule has 10 atom stereocenters. The fourth-order valence-electron chi connectivity index (χ4n) is 11.9. The van der Waals surface area contributed by atoms with E-state index in [2.05, 4.69) is 54.5 Å². The van der Waals surface area contributed by atoms with Crippen LogP contribution in [0.25, 0.3) is 0 Å². The minimum Gasteiger partial charge on any atom is -0.350 e. The molecular formula is C33H52O3. The zero-order valence-electron chi connectivity index (χ0n) is 24.5. The smallest absolute Gasteiger partial charge is 0.163 e. The average molecular weight is 497 g/mol. The van der Waals surface area contributed by atoms with Crippen molar-refractivity contribution in [3.63, 3.8) is 0 Å². The normalized spacial score (nSPS) is 55.7. The van der Waals surface area contributed by atoms with Crippen molar-refractivity contribution < 1.29 is 14.3 Å². The summed E-state index contributed by atoms with van der Waals surface area (Å²) in [4.78, 5) is 13.2. The second-order valence-corrected chi connectivity index (χ2v) is 15.7. The Bertz CT molecular complexity index is 981. The number of rotatable bonds is 1. The van der Waals surface area contributed by atoms with Gasteiger partial charge in [-0.25, -0.2) is 0 Å². The Morgan fingerprint density at radius 2 is 1.64 bits per heavy atom. The minimum absolute atomic E-state index is 0.0948. The van der Waals surface area contributed by atoms with Crippen molar-refractivity contribution in [1.29, 1.82) is 0 Å². The summed E-state index contributed by atoms with van der Waals surface area (Å²) in [5, 5.41) is 0. The van der Waals surface area contributed by atoms with Crippen LogP contribution in [0.3, 0.4) is 0 Å². The van der Waals surface area contributed by atoms with Gasteiger partial charge in [0.25, 0.3) is 0 Å². The van der Waals surface area contributed by atoms with Crippen LogP contribution in [0.15, 0.2) is 11.6 Å². The average Bonchev–Trinajstić information content (AvgIpc) is 2.80. The summed E-state index contributed by atoms with van der Waals surface area (Å²) in [5.74, 6) is 2.42. The molecule has 8 unspecified atom stereocenters. The number of ether oxygens (including phenoxy) is 2. The molecule has 4 saturated carbocycles. The molecule has 6 rings (SSSR count). The summed E-state index contributed by atoms with van der Waals surface area (Å²) in [6, 6.07) is 0. The third kappa shape index (κ3) is 3.02. The first-order valence-electron chi connectivity index (χ1n) is 15.3. The van der Waals surface area contributed by atoms with E-state index in [1.165, 1.54) is 44.9 Å². The molecule has 0 radical (unpaired) electrons. The number of ketones is 1. The van der Waals surface area contributed by atoms with Crippen molar-refractivity contribution in [3.8, 4) is 0 Å². The second kappa shape index (κ2) is 7.71. The molecule has 202 valence electrons. The van der Waals surface area contributed by atoms with Crippen LogP contribution in [-0.2, 0) is 14.3 Å². The van der Waals surface area contributed by atoms with E-state index >= 15 is 0 Å². The largest absolute Gasteiger partial charge is 0.350 e. The first-order valence-corrected chi connectivity index (χ1v) is 15.3. The minimum atomic E-state index is -0.459. The van der Waals surface area contributed by atoms with Crippen molar-refractivity contribution in [3.05, 3.63) is 11.6 Å². The zero-order valence-corrected chi connectivity index (χ0v) is 24.5. The first kappa shape index (κ1) is 25.6. The summed E-state index contributed by atoms with van der Waals surface area (Å²) < 4.78 is 12.9. The number of carbonyl (C=O) groups excluding carboxylic acids is 1. The molecule has 5 fully saturated rings. The third-order valence-corrected chi connectivity index (χ3v) is 14.0. The van der Waals surface area contributed by atoms with E-state index in [1.807, 2.05) is 6.92 Å². The monoisotopic (exact) mass is 496 g/mol. The molecule has 0 aromatic rings. The lowest BCUT2D eigenvalue weighted by Crippen LogP contribution is -2.68. The Hall–Kier alpha value is -0.670. The van der Waals surface area contributed by atoms with Gasteiger partial charge in [-0.1, -0.05) is 59.1 Å². The Morgan fingerprint density at radius 1 is 0.889 bits per heavy atom. The van der Waals surface area contributed by atoms with E-state index in [1.54, 1.807) is 5.57 Å². The summed E-state index contributed by atoms with van der Waals surface area (Å²) in [5.41, 5.74) is 2.51. The molecule has 5 aliphatic carbocycles. The van der Waals surface area contributed by atoms with E-state index < -0.39 is 5.79 Å². The van der Waals surface area contributed by atoms with Gasteiger partial charge < -0.3 is 9.47 Å². The molecule has 0 amide bonds. The van der Waals surface area contributed by atoms with Crippen molar-refractivity contribution in [2.75, 3.05) is 6.61 Å². The summed E-state index contributed by atoms with van der Waals surface area (Å²) in [6.07, 6.45) is 15.1. The Kier molecular flexibility index (Phi) is 5.48. The van der Waals surface area contributed by atoms with E-state index in [-0.39, 0.29) is 16.2 Å². The predicted molar refractivity (Wildman–Crippen MR) is 144 cm³/mol. The maximum absolute atomic E-state index is 13.2. The number of allylic oxidation sites excluding steroid dienone is 2. The van der Waals surface area contributed by atoms with Gasteiger partial charge in [0.2, 0.25) is 0 Å². The lowest BCUT2D eigenvalue weighted by atomic mass is 9.33. The fourth-order valence-corrected chi connectivity index (χ4v) is 11.9. The first-order chi connectivity index (χ1) is 16.7. The summed E-state index contributed by atoms with van der Waals surface area (Å²) >= 11 is 0. The summed E-state index contributed by atoms with van der Waals surface area (Å²) in [7, 11) is 0. The van der Waals surface area contributed by atoms with Gasteiger partial charge >= 0.3 is 0 Å². The van der Waals surface area contributed by atoms with Crippen molar-refractivity contribution in [1.82, 2.24) is 0 Å². The van der Waals surface area contributed by atoms with Crippen molar-refractivity contribution >= 4 is 5.78 Å². The lowest BCUT2D eigenvalue weighted by molar-refractivity contribution is -0.351. The highest BCUT2D eigenvalue weighted by molar-refractivity contribution is 5.84. The van der Waals surface area contributed by atoms with Gasteiger partial charge in [0, 0.05) is 10.8 Å². The maximum Gasteiger partial charge on any atom is 0.163 e. The van der Waals surface area contributed by atoms with Crippen LogP contribution in [0.1, 0.15) is 120 Å². The number of fused-ring (bicyclic) bond motifs is 9. The SMILES string of the molecule is CC(=O)C12CCCC(C)C1C1=CCC3C4(C)CCC5OC(C)(C)OC[C@]5(C)C4CCC3(C)[C@]1(C)CC2. The Balaban J connectivity index is 1.40. The second-order valence-electron chi connectivity index (χ2n) is 15.7. The molecule has 0 bridgehead atoms. The molecule has 3 nitrogen and oxygen atoms in total.